The van der Waals surface area contributed by atoms with Crippen LogP contribution in [0.15, 0.2) is 4.52 Å². The first-order chi connectivity index (χ1) is 9.93. The molecule has 6 nitrogen and oxygen atoms in total. The minimum Gasteiger partial charge on any atom is -0.361 e. The second kappa shape index (κ2) is 5.87. The van der Waals surface area contributed by atoms with Crippen molar-refractivity contribution in [1.82, 2.24) is 15.4 Å². The monoisotopic (exact) mass is 293 g/mol. The molecule has 2 rings (SSSR count). The Balaban J connectivity index is 2.30. The molecule has 2 amide bonds. The Morgan fingerprint density at radius 1 is 1.29 bits per heavy atom. The van der Waals surface area contributed by atoms with Crippen molar-refractivity contribution >= 4 is 11.8 Å². The van der Waals surface area contributed by atoms with Crippen LogP contribution in [0.1, 0.15) is 50.1 Å². The lowest BCUT2D eigenvalue weighted by Gasteiger charge is -2.33. The molecular formula is C15H23N3O3. The molecule has 1 fully saturated rings. The molecule has 0 radical (unpaired) electrons. The zero-order valence-corrected chi connectivity index (χ0v) is 13.2. The van der Waals surface area contributed by atoms with Crippen LogP contribution in [0.3, 0.4) is 0 Å². The van der Waals surface area contributed by atoms with E-state index in [-0.39, 0.29) is 11.8 Å². The van der Waals surface area contributed by atoms with Gasteiger partial charge in [0.25, 0.3) is 0 Å². The van der Waals surface area contributed by atoms with E-state index in [0.717, 1.165) is 17.0 Å². The summed E-state index contributed by atoms with van der Waals surface area (Å²) in [7, 11) is 0. The van der Waals surface area contributed by atoms with E-state index in [1.165, 1.54) is 0 Å². The molecule has 1 aromatic rings. The van der Waals surface area contributed by atoms with Gasteiger partial charge in [0.15, 0.2) is 0 Å². The molecule has 1 aromatic heterocycles. The summed E-state index contributed by atoms with van der Waals surface area (Å²) < 4.78 is 5.16. The van der Waals surface area contributed by atoms with E-state index in [9.17, 15) is 9.59 Å². The Hall–Kier alpha value is -1.85. The van der Waals surface area contributed by atoms with Crippen LogP contribution in [-0.4, -0.2) is 34.0 Å². The minimum atomic E-state index is -0.785. The number of rotatable bonds is 4. The number of hydrogen-bond donors (Lipinski definition) is 1. The van der Waals surface area contributed by atoms with Crippen LogP contribution < -0.4 is 5.32 Å². The van der Waals surface area contributed by atoms with Crippen LogP contribution in [0.5, 0.6) is 0 Å². The topological polar surface area (TPSA) is 75.4 Å². The predicted octanol–water partition coefficient (Wildman–Crippen LogP) is 1.70. The molecule has 116 valence electrons. The first-order valence-corrected chi connectivity index (χ1v) is 7.45. The van der Waals surface area contributed by atoms with Crippen LogP contribution in [0.4, 0.5) is 0 Å². The highest BCUT2D eigenvalue weighted by Crippen LogP contribution is 2.24. The number of nitrogens with zero attached hydrogens (tertiary/aromatic N) is 2. The molecule has 0 saturated carbocycles. The molecule has 1 saturated heterocycles. The Kier molecular flexibility index (Phi) is 4.34. The summed E-state index contributed by atoms with van der Waals surface area (Å²) in [5.74, 6) is 0.647. The lowest BCUT2D eigenvalue weighted by molar-refractivity contribution is -0.139. The molecule has 0 unspecified atom stereocenters. The van der Waals surface area contributed by atoms with Crippen LogP contribution >= 0.6 is 0 Å². The number of aryl methyl sites for hydroxylation is 2. The number of carbonyl (C=O) groups is 2. The zero-order valence-electron chi connectivity index (χ0n) is 13.2. The fourth-order valence-corrected chi connectivity index (χ4v) is 2.82. The van der Waals surface area contributed by atoms with Gasteiger partial charge >= 0.3 is 0 Å². The highest BCUT2D eigenvalue weighted by Gasteiger charge is 2.41. The Bertz CT molecular complexity index is 527. The largest absolute Gasteiger partial charge is 0.361 e. The molecule has 0 atom stereocenters. The molecular weight excluding hydrogens is 270 g/mol. The van der Waals surface area contributed by atoms with Crippen molar-refractivity contribution in [3.63, 3.8) is 0 Å². The van der Waals surface area contributed by atoms with Gasteiger partial charge in [-0.1, -0.05) is 19.0 Å². The summed E-state index contributed by atoms with van der Waals surface area (Å²) in [6.45, 7) is 8.44. The van der Waals surface area contributed by atoms with Crippen LogP contribution in [0.25, 0.3) is 0 Å². The fraction of sp³-hybridized carbons (Fsp3) is 0.667. The number of carbonyl (C=O) groups excluding carboxylic acids is 2. The minimum absolute atomic E-state index is 0.0154. The summed E-state index contributed by atoms with van der Waals surface area (Å²) >= 11 is 0. The molecule has 0 bridgehead atoms. The maximum atomic E-state index is 12.9. The van der Waals surface area contributed by atoms with Crippen molar-refractivity contribution in [2.75, 3.05) is 6.54 Å². The van der Waals surface area contributed by atoms with Gasteiger partial charge in [-0.05, 0) is 26.7 Å². The summed E-state index contributed by atoms with van der Waals surface area (Å²) in [4.78, 5) is 26.6. The fourth-order valence-electron chi connectivity index (χ4n) is 2.82. The summed E-state index contributed by atoms with van der Waals surface area (Å²) in [5.41, 5.74) is 0.938. The maximum Gasteiger partial charge on any atom is 0.248 e. The predicted molar refractivity (Wildman–Crippen MR) is 77.5 cm³/mol. The number of hydrogen-bond acceptors (Lipinski definition) is 4. The van der Waals surface area contributed by atoms with Gasteiger partial charge in [0.2, 0.25) is 11.8 Å². The average molecular weight is 293 g/mol. The normalized spacial score (nSPS) is 18.6. The Morgan fingerprint density at radius 3 is 2.48 bits per heavy atom. The Labute approximate surface area is 124 Å². The lowest BCUT2D eigenvalue weighted by Crippen LogP contribution is -2.56. The smallest absolute Gasteiger partial charge is 0.248 e. The van der Waals surface area contributed by atoms with E-state index in [0.29, 0.717) is 32.4 Å². The van der Waals surface area contributed by atoms with Crippen molar-refractivity contribution in [2.45, 2.75) is 59.0 Å². The van der Waals surface area contributed by atoms with Gasteiger partial charge in [-0.2, -0.15) is 0 Å². The van der Waals surface area contributed by atoms with E-state index in [4.69, 9.17) is 4.52 Å². The third-order valence-electron chi connectivity index (χ3n) is 4.42. The van der Waals surface area contributed by atoms with Crippen molar-refractivity contribution < 1.29 is 14.1 Å². The number of aromatic nitrogens is 1. The second-order valence-corrected chi connectivity index (χ2v) is 5.62. The van der Waals surface area contributed by atoms with Crippen molar-refractivity contribution in [2.24, 2.45) is 0 Å². The van der Waals surface area contributed by atoms with Gasteiger partial charge in [0, 0.05) is 18.5 Å². The number of amides is 2. The lowest BCUT2D eigenvalue weighted by atomic mass is 9.91. The summed E-state index contributed by atoms with van der Waals surface area (Å²) in [6.07, 6.45) is 1.51. The molecule has 1 N–H and O–H groups in total. The highest BCUT2D eigenvalue weighted by molar-refractivity contribution is 5.93. The van der Waals surface area contributed by atoms with Gasteiger partial charge < -0.3 is 14.7 Å². The first kappa shape index (κ1) is 15.5. The van der Waals surface area contributed by atoms with Crippen LogP contribution in [0.2, 0.25) is 0 Å². The van der Waals surface area contributed by atoms with Gasteiger partial charge in [-0.3, -0.25) is 9.59 Å². The van der Waals surface area contributed by atoms with Crippen molar-refractivity contribution in [3.05, 3.63) is 17.0 Å². The molecule has 2 heterocycles. The maximum absolute atomic E-state index is 12.9. The SMILES string of the molecule is CCC1(CC)NC(=O)CCN(Cc2c(C)noc2C)C1=O. The highest BCUT2D eigenvalue weighted by atomic mass is 16.5. The summed E-state index contributed by atoms with van der Waals surface area (Å²) in [5, 5.41) is 6.84. The van der Waals surface area contributed by atoms with Crippen LogP contribution in [0, 0.1) is 13.8 Å². The van der Waals surface area contributed by atoms with Gasteiger partial charge in [-0.25, -0.2) is 0 Å². The van der Waals surface area contributed by atoms with E-state index < -0.39 is 5.54 Å². The van der Waals surface area contributed by atoms with Crippen molar-refractivity contribution in [1.29, 1.82) is 0 Å². The zero-order chi connectivity index (χ0) is 15.6. The Morgan fingerprint density at radius 2 is 1.95 bits per heavy atom. The van der Waals surface area contributed by atoms with E-state index in [1.54, 1.807) is 4.90 Å². The second-order valence-electron chi connectivity index (χ2n) is 5.62. The number of nitrogens with one attached hydrogen (secondary N) is 1. The van der Waals surface area contributed by atoms with Gasteiger partial charge in [-0.15, -0.1) is 0 Å². The molecule has 21 heavy (non-hydrogen) atoms. The average Bonchev–Trinajstić information content (AvgIpc) is 2.72. The molecule has 0 aromatic carbocycles. The third kappa shape index (κ3) is 2.80. The molecule has 1 aliphatic heterocycles. The van der Waals surface area contributed by atoms with Crippen LogP contribution in [-0.2, 0) is 16.1 Å². The summed E-state index contributed by atoms with van der Waals surface area (Å²) in [6, 6.07) is 0. The van der Waals surface area contributed by atoms with Gasteiger partial charge in [0.1, 0.15) is 11.3 Å². The van der Waals surface area contributed by atoms with E-state index in [2.05, 4.69) is 10.5 Å². The van der Waals surface area contributed by atoms with Gasteiger partial charge in [0.05, 0.1) is 12.2 Å². The molecule has 0 spiro atoms. The standard InChI is InChI=1S/C15H23N3O3/c1-5-15(6-2)14(20)18(8-7-13(19)16-15)9-12-10(3)17-21-11(12)4/h5-9H2,1-4H3,(H,16,19). The first-order valence-electron chi connectivity index (χ1n) is 7.45. The molecule has 1 aliphatic rings. The quantitative estimate of drug-likeness (QED) is 0.916. The molecule has 0 aliphatic carbocycles. The van der Waals surface area contributed by atoms with E-state index >= 15 is 0 Å². The molecule has 6 heteroatoms. The van der Waals surface area contributed by atoms with E-state index in [1.807, 2.05) is 27.7 Å². The third-order valence-corrected chi connectivity index (χ3v) is 4.42. The van der Waals surface area contributed by atoms with Crippen molar-refractivity contribution in [3.8, 4) is 0 Å².